The third kappa shape index (κ3) is 5.10. The van der Waals surface area contributed by atoms with Crippen molar-refractivity contribution in [3.63, 3.8) is 0 Å². The Labute approximate surface area is 156 Å². The molecule has 2 heterocycles. The fraction of sp³-hybridized carbons (Fsp3) is 0.222. The first-order chi connectivity index (χ1) is 12.5. The Morgan fingerprint density at radius 3 is 2.58 bits per heavy atom. The van der Waals surface area contributed by atoms with Gasteiger partial charge in [-0.2, -0.15) is 5.10 Å². The Kier molecular flexibility index (Phi) is 5.97. The van der Waals surface area contributed by atoms with Gasteiger partial charge in [-0.05, 0) is 29.5 Å². The minimum absolute atomic E-state index is 0.00851. The molecule has 26 heavy (non-hydrogen) atoms. The van der Waals surface area contributed by atoms with Gasteiger partial charge in [0.2, 0.25) is 10.0 Å². The summed E-state index contributed by atoms with van der Waals surface area (Å²) >= 11 is 1.53. The largest absolute Gasteiger partial charge is 0.268 e. The summed E-state index contributed by atoms with van der Waals surface area (Å²) in [5, 5.41) is 6.25. The number of hydrogen-bond acceptors (Lipinski definition) is 5. The first-order valence-corrected chi connectivity index (χ1v) is 10.7. The summed E-state index contributed by atoms with van der Waals surface area (Å²) in [5.74, 6) is 0.00851. The van der Waals surface area contributed by atoms with Gasteiger partial charge in [0.25, 0.3) is 5.56 Å². The molecule has 0 spiro atoms. The van der Waals surface area contributed by atoms with E-state index in [1.807, 2.05) is 47.8 Å². The number of benzene rings is 1. The third-order valence-electron chi connectivity index (χ3n) is 3.79. The maximum atomic E-state index is 12.1. The van der Waals surface area contributed by atoms with E-state index in [-0.39, 0.29) is 24.4 Å². The van der Waals surface area contributed by atoms with E-state index in [2.05, 4.69) is 9.82 Å². The molecule has 0 aliphatic rings. The molecule has 136 valence electrons. The predicted molar refractivity (Wildman–Crippen MR) is 104 cm³/mol. The van der Waals surface area contributed by atoms with Crippen LogP contribution < -0.4 is 10.3 Å². The van der Waals surface area contributed by atoms with E-state index < -0.39 is 10.0 Å². The molecule has 0 fully saturated rings. The Morgan fingerprint density at radius 2 is 1.85 bits per heavy atom. The van der Waals surface area contributed by atoms with Gasteiger partial charge in [-0.15, -0.1) is 11.3 Å². The first-order valence-electron chi connectivity index (χ1n) is 8.17. The third-order valence-corrected chi connectivity index (χ3v) is 6.07. The molecule has 1 aromatic carbocycles. The second-order valence-corrected chi connectivity index (χ2v) is 8.58. The number of aryl methyl sites for hydroxylation is 1. The van der Waals surface area contributed by atoms with Crippen molar-refractivity contribution in [3.05, 3.63) is 75.9 Å². The number of thiophene rings is 1. The fourth-order valence-electron chi connectivity index (χ4n) is 2.44. The lowest BCUT2D eigenvalue weighted by Crippen LogP contribution is -2.33. The molecule has 8 heteroatoms. The zero-order chi connectivity index (χ0) is 18.4. The molecule has 2 aromatic heterocycles. The lowest BCUT2D eigenvalue weighted by molar-refractivity contribution is 0.548. The van der Waals surface area contributed by atoms with E-state index in [9.17, 15) is 13.2 Å². The van der Waals surface area contributed by atoms with Gasteiger partial charge in [0.05, 0.1) is 17.2 Å². The summed E-state index contributed by atoms with van der Waals surface area (Å²) in [6.07, 6.45) is 0.447. The highest BCUT2D eigenvalue weighted by Crippen LogP contribution is 2.20. The standard InChI is InChI=1S/C18H19N3O3S2/c22-18-9-8-16(17-7-4-13-25-17)20-21(18)12-11-19-26(23,24)14-10-15-5-2-1-3-6-15/h1-9,13,19H,10-12,14H2. The second-order valence-electron chi connectivity index (χ2n) is 5.71. The average molecular weight is 390 g/mol. The Bertz CT molecular complexity index is 998. The van der Waals surface area contributed by atoms with E-state index >= 15 is 0 Å². The number of nitrogens with one attached hydrogen (secondary N) is 1. The van der Waals surface area contributed by atoms with Gasteiger partial charge in [-0.25, -0.2) is 17.8 Å². The van der Waals surface area contributed by atoms with Crippen LogP contribution in [0.4, 0.5) is 0 Å². The van der Waals surface area contributed by atoms with Gasteiger partial charge in [0.15, 0.2) is 0 Å². The van der Waals surface area contributed by atoms with Crippen molar-refractivity contribution in [3.8, 4) is 10.6 Å². The Balaban J connectivity index is 1.57. The van der Waals surface area contributed by atoms with Crippen molar-refractivity contribution in [2.24, 2.45) is 0 Å². The molecule has 0 saturated heterocycles. The highest BCUT2D eigenvalue weighted by Gasteiger charge is 2.11. The van der Waals surface area contributed by atoms with Gasteiger partial charge < -0.3 is 0 Å². The lowest BCUT2D eigenvalue weighted by atomic mass is 10.2. The van der Waals surface area contributed by atoms with E-state index in [0.717, 1.165) is 10.4 Å². The van der Waals surface area contributed by atoms with Crippen molar-refractivity contribution >= 4 is 21.4 Å². The van der Waals surface area contributed by atoms with E-state index in [4.69, 9.17) is 0 Å². The number of hydrogen-bond donors (Lipinski definition) is 1. The molecular weight excluding hydrogens is 370 g/mol. The van der Waals surface area contributed by atoms with Crippen LogP contribution in [0.1, 0.15) is 5.56 Å². The molecule has 0 bridgehead atoms. The lowest BCUT2D eigenvalue weighted by Gasteiger charge is -2.09. The van der Waals surface area contributed by atoms with Gasteiger partial charge >= 0.3 is 0 Å². The van der Waals surface area contributed by atoms with Crippen LogP contribution >= 0.6 is 11.3 Å². The maximum absolute atomic E-state index is 12.1. The monoisotopic (exact) mass is 389 g/mol. The summed E-state index contributed by atoms with van der Waals surface area (Å²) in [6.45, 7) is 0.306. The summed E-state index contributed by atoms with van der Waals surface area (Å²) in [7, 11) is -3.41. The molecular formula is C18H19N3O3S2. The molecule has 0 unspecified atom stereocenters. The topological polar surface area (TPSA) is 81.1 Å². The van der Waals surface area contributed by atoms with Crippen molar-refractivity contribution < 1.29 is 8.42 Å². The second kappa shape index (κ2) is 8.39. The van der Waals surface area contributed by atoms with Crippen LogP contribution in [0.5, 0.6) is 0 Å². The first kappa shape index (κ1) is 18.5. The van der Waals surface area contributed by atoms with Crippen LogP contribution in [0, 0.1) is 0 Å². The molecule has 0 aliphatic heterocycles. The van der Waals surface area contributed by atoms with Gasteiger partial charge in [0.1, 0.15) is 5.69 Å². The molecule has 0 aliphatic carbocycles. The average Bonchev–Trinajstić information content (AvgIpc) is 3.17. The Morgan fingerprint density at radius 1 is 1.04 bits per heavy atom. The van der Waals surface area contributed by atoms with Crippen molar-refractivity contribution in [1.29, 1.82) is 0 Å². The fourth-order valence-corrected chi connectivity index (χ4v) is 4.18. The molecule has 0 radical (unpaired) electrons. The van der Waals surface area contributed by atoms with Gasteiger partial charge in [0, 0.05) is 12.6 Å². The molecule has 1 N–H and O–H groups in total. The molecule has 3 rings (SSSR count). The molecule has 6 nitrogen and oxygen atoms in total. The Hall–Kier alpha value is -2.29. The van der Waals surface area contributed by atoms with Crippen LogP contribution in [0.3, 0.4) is 0 Å². The van der Waals surface area contributed by atoms with Crippen molar-refractivity contribution in [2.75, 3.05) is 12.3 Å². The molecule has 0 atom stereocenters. The van der Waals surface area contributed by atoms with Gasteiger partial charge in [-0.3, -0.25) is 4.79 Å². The highest BCUT2D eigenvalue weighted by molar-refractivity contribution is 7.89. The van der Waals surface area contributed by atoms with E-state index in [1.165, 1.54) is 22.1 Å². The van der Waals surface area contributed by atoms with Gasteiger partial charge in [-0.1, -0.05) is 36.4 Å². The number of nitrogens with zero attached hydrogens (tertiary/aromatic N) is 2. The molecule has 0 saturated carbocycles. The van der Waals surface area contributed by atoms with E-state index in [1.54, 1.807) is 6.07 Å². The number of rotatable bonds is 8. The summed E-state index contributed by atoms with van der Waals surface area (Å²) in [5.41, 5.74) is 1.42. The number of sulfonamides is 1. The van der Waals surface area contributed by atoms with Crippen LogP contribution in [0.15, 0.2) is 64.8 Å². The maximum Gasteiger partial charge on any atom is 0.266 e. The minimum atomic E-state index is -3.41. The predicted octanol–water partition coefficient (Wildman–Crippen LogP) is 2.13. The smallest absolute Gasteiger partial charge is 0.266 e. The van der Waals surface area contributed by atoms with Crippen molar-refractivity contribution in [2.45, 2.75) is 13.0 Å². The molecule has 0 amide bonds. The normalized spacial score (nSPS) is 11.5. The van der Waals surface area contributed by atoms with Crippen LogP contribution in [0.2, 0.25) is 0 Å². The summed E-state index contributed by atoms with van der Waals surface area (Å²) < 4.78 is 28.1. The zero-order valence-electron chi connectivity index (χ0n) is 14.0. The van der Waals surface area contributed by atoms with Crippen LogP contribution in [-0.2, 0) is 23.0 Å². The quantitative estimate of drug-likeness (QED) is 0.640. The number of aromatic nitrogens is 2. The molecule has 3 aromatic rings. The summed E-state index contributed by atoms with van der Waals surface area (Å²) in [4.78, 5) is 12.9. The minimum Gasteiger partial charge on any atom is -0.268 e. The van der Waals surface area contributed by atoms with E-state index in [0.29, 0.717) is 12.1 Å². The van der Waals surface area contributed by atoms with Crippen LogP contribution in [-0.4, -0.2) is 30.5 Å². The van der Waals surface area contributed by atoms with Crippen LogP contribution in [0.25, 0.3) is 10.6 Å². The summed E-state index contributed by atoms with van der Waals surface area (Å²) in [6, 6.07) is 16.4. The zero-order valence-corrected chi connectivity index (χ0v) is 15.7. The highest BCUT2D eigenvalue weighted by atomic mass is 32.2. The SMILES string of the molecule is O=c1ccc(-c2cccs2)nn1CCNS(=O)(=O)CCc1ccccc1. The van der Waals surface area contributed by atoms with Crippen molar-refractivity contribution in [1.82, 2.24) is 14.5 Å².